The third-order valence-corrected chi connectivity index (χ3v) is 1.49. The Morgan fingerprint density at radius 3 is 2.06 bits per heavy atom. The van der Waals surface area contributed by atoms with E-state index in [4.69, 9.17) is 0 Å². The van der Waals surface area contributed by atoms with Crippen LogP contribution in [0, 0.1) is 0 Å². The lowest BCUT2D eigenvalue weighted by Crippen LogP contribution is -2.49. The van der Waals surface area contributed by atoms with Crippen LogP contribution < -0.4 is 0 Å². The SMILES string of the molecule is C=C(C)C(=O)OCC(F)(F)C(F)(F)C(F)F. The second-order valence-electron chi connectivity index (χ2n) is 2.98. The van der Waals surface area contributed by atoms with Crippen molar-refractivity contribution in [3.05, 3.63) is 12.2 Å². The summed E-state index contributed by atoms with van der Waals surface area (Å²) in [7, 11) is 0. The topological polar surface area (TPSA) is 26.3 Å². The predicted octanol–water partition coefficient (Wildman–Crippen LogP) is 2.64. The van der Waals surface area contributed by atoms with Crippen LogP contribution in [0.2, 0.25) is 0 Å². The standard InChI is InChI=1S/C8H8F6O2/c1-4(2)5(15)16-3-7(11,12)8(13,14)6(9)10/h6H,1,3H2,2H3. The van der Waals surface area contributed by atoms with Crippen LogP contribution in [-0.4, -0.2) is 30.8 Å². The summed E-state index contributed by atoms with van der Waals surface area (Å²) in [5.74, 6) is -12.0. The van der Waals surface area contributed by atoms with E-state index in [2.05, 4.69) is 11.3 Å². The summed E-state index contributed by atoms with van der Waals surface area (Å²) in [5, 5.41) is 0. The number of hydrogen-bond donors (Lipinski definition) is 0. The third-order valence-electron chi connectivity index (χ3n) is 1.49. The van der Waals surface area contributed by atoms with Crippen LogP contribution in [0.25, 0.3) is 0 Å². The molecule has 0 amide bonds. The Balaban J connectivity index is 4.58. The number of carbonyl (C=O) groups excluding carboxylic acids is 1. The number of esters is 1. The number of carbonyl (C=O) groups is 1. The van der Waals surface area contributed by atoms with Gasteiger partial charge in [-0.1, -0.05) is 6.58 Å². The van der Waals surface area contributed by atoms with Crippen molar-refractivity contribution < 1.29 is 35.9 Å². The summed E-state index contributed by atoms with van der Waals surface area (Å²) in [6.07, 6.45) is -4.55. The molecule has 0 aromatic rings. The highest BCUT2D eigenvalue weighted by atomic mass is 19.3. The van der Waals surface area contributed by atoms with E-state index in [0.29, 0.717) is 0 Å². The lowest BCUT2D eigenvalue weighted by Gasteiger charge is -2.25. The zero-order chi connectivity index (χ0) is 13.1. The average Bonchev–Trinajstić information content (AvgIpc) is 2.13. The fourth-order valence-corrected chi connectivity index (χ4v) is 0.535. The minimum absolute atomic E-state index is 0.309. The van der Waals surface area contributed by atoms with Crippen molar-refractivity contribution >= 4 is 5.97 Å². The van der Waals surface area contributed by atoms with E-state index in [0.717, 1.165) is 6.92 Å². The molecule has 0 fully saturated rings. The van der Waals surface area contributed by atoms with Gasteiger partial charge in [-0.15, -0.1) is 0 Å². The molecule has 0 heterocycles. The van der Waals surface area contributed by atoms with Crippen molar-refractivity contribution in [2.45, 2.75) is 25.2 Å². The first-order valence-electron chi connectivity index (χ1n) is 3.89. The van der Waals surface area contributed by atoms with E-state index in [1.165, 1.54) is 0 Å². The molecule has 94 valence electrons. The second kappa shape index (κ2) is 4.75. The van der Waals surface area contributed by atoms with Gasteiger partial charge in [0.15, 0.2) is 6.61 Å². The molecule has 0 unspecified atom stereocenters. The molecule has 0 saturated heterocycles. The fourth-order valence-electron chi connectivity index (χ4n) is 0.535. The Labute approximate surface area is 86.9 Å². The van der Waals surface area contributed by atoms with Crippen molar-refractivity contribution in [1.29, 1.82) is 0 Å². The Bertz CT molecular complexity index is 286. The first-order chi connectivity index (χ1) is 7.02. The number of alkyl halides is 6. The number of rotatable bonds is 5. The Morgan fingerprint density at radius 2 is 1.75 bits per heavy atom. The third kappa shape index (κ3) is 3.14. The Morgan fingerprint density at radius 1 is 1.31 bits per heavy atom. The summed E-state index contributed by atoms with van der Waals surface area (Å²) in [5.41, 5.74) is -0.309. The maximum Gasteiger partial charge on any atom is 0.372 e. The summed E-state index contributed by atoms with van der Waals surface area (Å²) >= 11 is 0. The highest BCUT2D eigenvalue weighted by Gasteiger charge is 2.63. The molecule has 0 saturated carbocycles. The van der Waals surface area contributed by atoms with Gasteiger partial charge in [-0.05, 0) is 6.92 Å². The van der Waals surface area contributed by atoms with E-state index >= 15 is 0 Å². The van der Waals surface area contributed by atoms with Crippen LogP contribution in [0.5, 0.6) is 0 Å². The summed E-state index contributed by atoms with van der Waals surface area (Å²) in [6.45, 7) is 1.96. The molecule has 0 atom stereocenters. The van der Waals surface area contributed by atoms with Gasteiger partial charge >= 0.3 is 24.2 Å². The summed E-state index contributed by atoms with van der Waals surface area (Å²) < 4.78 is 76.5. The number of halogens is 6. The van der Waals surface area contributed by atoms with E-state index in [1.807, 2.05) is 0 Å². The van der Waals surface area contributed by atoms with Crippen molar-refractivity contribution in [3.63, 3.8) is 0 Å². The number of hydrogen-bond acceptors (Lipinski definition) is 2. The van der Waals surface area contributed by atoms with E-state index in [-0.39, 0.29) is 5.57 Å². The van der Waals surface area contributed by atoms with Gasteiger partial charge in [0.25, 0.3) is 0 Å². The summed E-state index contributed by atoms with van der Waals surface area (Å²) in [4.78, 5) is 10.6. The first-order valence-corrected chi connectivity index (χ1v) is 3.89. The quantitative estimate of drug-likeness (QED) is 0.426. The van der Waals surface area contributed by atoms with Gasteiger partial charge in [-0.25, -0.2) is 13.6 Å². The molecular weight excluding hydrogens is 242 g/mol. The smallest absolute Gasteiger partial charge is 0.372 e. The summed E-state index contributed by atoms with van der Waals surface area (Å²) in [6, 6.07) is 0. The monoisotopic (exact) mass is 250 g/mol. The van der Waals surface area contributed by atoms with Crippen LogP contribution >= 0.6 is 0 Å². The molecule has 0 N–H and O–H groups in total. The molecule has 0 rings (SSSR count). The van der Waals surface area contributed by atoms with Crippen LogP contribution in [0.15, 0.2) is 12.2 Å². The van der Waals surface area contributed by atoms with Gasteiger partial charge < -0.3 is 4.74 Å². The molecule has 0 aliphatic carbocycles. The van der Waals surface area contributed by atoms with E-state index in [9.17, 15) is 31.1 Å². The molecule has 0 aliphatic rings. The van der Waals surface area contributed by atoms with Gasteiger partial charge in [0.2, 0.25) is 0 Å². The van der Waals surface area contributed by atoms with E-state index < -0.39 is 30.8 Å². The largest absolute Gasteiger partial charge is 0.456 e. The van der Waals surface area contributed by atoms with Crippen LogP contribution in [-0.2, 0) is 9.53 Å². The molecule has 0 aromatic carbocycles. The van der Waals surface area contributed by atoms with Crippen LogP contribution in [0.4, 0.5) is 26.3 Å². The number of ether oxygens (including phenoxy) is 1. The molecule has 2 nitrogen and oxygen atoms in total. The molecule has 0 aromatic heterocycles. The Hall–Kier alpha value is -1.21. The minimum Gasteiger partial charge on any atom is -0.456 e. The molecule has 0 aliphatic heterocycles. The normalized spacial score (nSPS) is 12.8. The molecular formula is C8H8F6O2. The van der Waals surface area contributed by atoms with Crippen molar-refractivity contribution in [2.75, 3.05) is 6.61 Å². The van der Waals surface area contributed by atoms with Crippen LogP contribution in [0.3, 0.4) is 0 Å². The predicted molar refractivity (Wildman–Crippen MR) is 41.7 cm³/mol. The maximum absolute atomic E-state index is 12.5. The molecule has 8 heteroatoms. The molecule has 0 radical (unpaired) electrons. The van der Waals surface area contributed by atoms with Gasteiger partial charge in [-0.2, -0.15) is 17.6 Å². The maximum atomic E-state index is 12.5. The average molecular weight is 250 g/mol. The van der Waals surface area contributed by atoms with Gasteiger partial charge in [0, 0.05) is 5.57 Å². The minimum atomic E-state index is -5.55. The van der Waals surface area contributed by atoms with Gasteiger partial charge in [0.05, 0.1) is 0 Å². The highest BCUT2D eigenvalue weighted by Crippen LogP contribution is 2.39. The lowest BCUT2D eigenvalue weighted by atomic mass is 10.2. The van der Waals surface area contributed by atoms with Crippen molar-refractivity contribution in [3.8, 4) is 0 Å². The fraction of sp³-hybridized carbons (Fsp3) is 0.625. The zero-order valence-electron chi connectivity index (χ0n) is 8.08. The second-order valence-corrected chi connectivity index (χ2v) is 2.98. The van der Waals surface area contributed by atoms with Crippen LogP contribution in [0.1, 0.15) is 6.92 Å². The van der Waals surface area contributed by atoms with Gasteiger partial charge in [0.1, 0.15) is 0 Å². The highest BCUT2D eigenvalue weighted by molar-refractivity contribution is 5.86. The zero-order valence-corrected chi connectivity index (χ0v) is 8.08. The first kappa shape index (κ1) is 14.8. The van der Waals surface area contributed by atoms with E-state index in [1.54, 1.807) is 0 Å². The van der Waals surface area contributed by atoms with Gasteiger partial charge in [-0.3, -0.25) is 0 Å². The molecule has 16 heavy (non-hydrogen) atoms. The van der Waals surface area contributed by atoms with Crippen molar-refractivity contribution in [1.82, 2.24) is 0 Å². The molecule has 0 bridgehead atoms. The lowest BCUT2D eigenvalue weighted by molar-refractivity contribution is -0.276. The van der Waals surface area contributed by atoms with Crippen molar-refractivity contribution in [2.24, 2.45) is 0 Å². The molecule has 0 spiro atoms. The Kier molecular flexibility index (Phi) is 4.39.